The third kappa shape index (κ3) is 3.97. The smallest absolute Gasteiger partial charge is 0.268 e. The fourth-order valence-corrected chi connectivity index (χ4v) is 5.41. The molecule has 5 rings (SSSR count). The summed E-state index contributed by atoms with van der Waals surface area (Å²) in [5.41, 5.74) is 2.64. The Labute approximate surface area is 195 Å². The molecule has 34 heavy (non-hydrogen) atoms. The second-order valence-electron chi connectivity index (χ2n) is 7.81. The van der Waals surface area contributed by atoms with Gasteiger partial charge in [-0.05, 0) is 55.5 Å². The van der Waals surface area contributed by atoms with E-state index in [1.54, 1.807) is 48.1 Å². The van der Waals surface area contributed by atoms with Crippen molar-refractivity contribution < 1.29 is 22.0 Å². The highest BCUT2D eigenvalue weighted by Crippen LogP contribution is 2.33. The van der Waals surface area contributed by atoms with Crippen LogP contribution < -0.4 is 4.74 Å². The van der Waals surface area contributed by atoms with Crippen LogP contribution in [0, 0.1) is 5.82 Å². The van der Waals surface area contributed by atoms with Crippen LogP contribution >= 0.6 is 0 Å². The summed E-state index contributed by atoms with van der Waals surface area (Å²) in [7, 11) is -1.93. The first-order chi connectivity index (χ1) is 16.4. The standard InChI is InChI=1S/C23H22FN5O4S/c1-3-32-17-8-10-18(11-9-17)34(30,31)29-13-12-20-19(14-29)21(27-28(20)2)23-26-25-22(33-23)15-4-6-16(24)7-5-15/h4-11H,3,12-14H2,1-2H3. The van der Waals surface area contributed by atoms with E-state index in [4.69, 9.17) is 9.15 Å². The molecule has 0 unspecified atom stereocenters. The second-order valence-corrected chi connectivity index (χ2v) is 9.75. The summed E-state index contributed by atoms with van der Waals surface area (Å²) >= 11 is 0. The number of hydrogen-bond acceptors (Lipinski definition) is 7. The molecule has 1 aliphatic rings. The van der Waals surface area contributed by atoms with Crippen molar-refractivity contribution in [2.75, 3.05) is 13.2 Å². The Kier molecular flexibility index (Phi) is 5.66. The molecule has 176 valence electrons. The Morgan fingerprint density at radius 2 is 1.76 bits per heavy atom. The lowest BCUT2D eigenvalue weighted by molar-refractivity contribution is 0.340. The molecule has 0 saturated carbocycles. The number of rotatable bonds is 6. The van der Waals surface area contributed by atoms with E-state index in [0.717, 1.165) is 11.3 Å². The van der Waals surface area contributed by atoms with Gasteiger partial charge in [0.15, 0.2) is 5.69 Å². The Morgan fingerprint density at radius 1 is 1.06 bits per heavy atom. The number of ether oxygens (including phenoxy) is 1. The van der Waals surface area contributed by atoms with Crippen molar-refractivity contribution in [2.24, 2.45) is 7.05 Å². The minimum atomic E-state index is -3.73. The lowest BCUT2D eigenvalue weighted by Crippen LogP contribution is -2.36. The monoisotopic (exact) mass is 483 g/mol. The normalized spacial score (nSPS) is 14.2. The molecule has 0 atom stereocenters. The van der Waals surface area contributed by atoms with Crippen LogP contribution in [0.5, 0.6) is 5.75 Å². The number of fused-ring (bicyclic) bond motifs is 1. The molecule has 0 amide bonds. The summed E-state index contributed by atoms with van der Waals surface area (Å²) in [4.78, 5) is 0.196. The van der Waals surface area contributed by atoms with E-state index in [0.29, 0.717) is 36.6 Å². The first-order valence-electron chi connectivity index (χ1n) is 10.7. The number of sulfonamides is 1. The summed E-state index contributed by atoms with van der Waals surface area (Å²) in [6.07, 6.45) is 0.494. The third-order valence-electron chi connectivity index (χ3n) is 5.70. The summed E-state index contributed by atoms with van der Waals surface area (Å²) in [5.74, 6) is 0.655. The van der Waals surface area contributed by atoms with E-state index in [1.807, 2.05) is 6.92 Å². The molecule has 1 aliphatic heterocycles. The van der Waals surface area contributed by atoms with Gasteiger partial charge in [0.1, 0.15) is 11.6 Å². The zero-order valence-corrected chi connectivity index (χ0v) is 19.4. The second kappa shape index (κ2) is 8.65. The molecular weight excluding hydrogens is 461 g/mol. The van der Waals surface area contributed by atoms with Gasteiger partial charge in [-0.1, -0.05) is 0 Å². The van der Waals surface area contributed by atoms with E-state index >= 15 is 0 Å². The summed E-state index contributed by atoms with van der Waals surface area (Å²) < 4.78 is 54.2. The SMILES string of the molecule is CCOc1ccc(S(=O)(=O)N2CCc3c(c(-c4nnc(-c5ccc(F)cc5)o4)nn3C)C2)cc1. The molecule has 0 saturated heterocycles. The van der Waals surface area contributed by atoms with Crippen LogP contribution in [0.1, 0.15) is 18.2 Å². The van der Waals surface area contributed by atoms with Crippen LogP contribution in [-0.2, 0) is 30.0 Å². The van der Waals surface area contributed by atoms with Gasteiger partial charge in [0.2, 0.25) is 15.9 Å². The van der Waals surface area contributed by atoms with Gasteiger partial charge >= 0.3 is 0 Å². The fraction of sp³-hybridized carbons (Fsp3) is 0.261. The zero-order chi connectivity index (χ0) is 23.9. The van der Waals surface area contributed by atoms with Crippen molar-refractivity contribution in [1.29, 1.82) is 0 Å². The van der Waals surface area contributed by atoms with Gasteiger partial charge in [0.25, 0.3) is 5.89 Å². The van der Waals surface area contributed by atoms with E-state index in [9.17, 15) is 12.8 Å². The molecule has 0 bridgehead atoms. The Morgan fingerprint density at radius 3 is 2.47 bits per heavy atom. The summed E-state index contributed by atoms with van der Waals surface area (Å²) in [6, 6.07) is 12.1. The van der Waals surface area contributed by atoms with Crippen molar-refractivity contribution in [1.82, 2.24) is 24.3 Å². The number of benzene rings is 2. The highest BCUT2D eigenvalue weighted by molar-refractivity contribution is 7.89. The highest BCUT2D eigenvalue weighted by Gasteiger charge is 2.33. The van der Waals surface area contributed by atoms with Crippen molar-refractivity contribution >= 4 is 10.0 Å². The van der Waals surface area contributed by atoms with E-state index in [1.165, 1.54) is 16.4 Å². The average Bonchev–Trinajstić information content (AvgIpc) is 3.45. The van der Waals surface area contributed by atoms with Crippen LogP contribution in [0.2, 0.25) is 0 Å². The van der Waals surface area contributed by atoms with Gasteiger partial charge in [-0.25, -0.2) is 12.8 Å². The molecule has 0 fully saturated rings. The van der Waals surface area contributed by atoms with Crippen LogP contribution in [0.4, 0.5) is 4.39 Å². The Hall–Kier alpha value is -3.57. The number of hydrogen-bond donors (Lipinski definition) is 0. The molecular formula is C23H22FN5O4S. The molecule has 0 spiro atoms. The number of aromatic nitrogens is 4. The number of halogens is 1. The van der Waals surface area contributed by atoms with E-state index < -0.39 is 10.0 Å². The van der Waals surface area contributed by atoms with Crippen LogP contribution in [-0.4, -0.2) is 45.9 Å². The van der Waals surface area contributed by atoms with Gasteiger partial charge < -0.3 is 9.15 Å². The molecule has 0 N–H and O–H groups in total. The molecule has 2 aromatic heterocycles. The molecule has 0 radical (unpaired) electrons. The van der Waals surface area contributed by atoms with Gasteiger partial charge in [-0.15, -0.1) is 10.2 Å². The van der Waals surface area contributed by atoms with Gasteiger partial charge in [-0.3, -0.25) is 4.68 Å². The van der Waals surface area contributed by atoms with Gasteiger partial charge in [0, 0.05) is 43.4 Å². The average molecular weight is 484 g/mol. The highest BCUT2D eigenvalue weighted by atomic mass is 32.2. The third-order valence-corrected chi connectivity index (χ3v) is 7.56. The molecule has 0 aliphatic carbocycles. The lowest BCUT2D eigenvalue weighted by atomic mass is 10.1. The maximum absolute atomic E-state index is 13.3. The first-order valence-corrected chi connectivity index (χ1v) is 12.2. The Bertz CT molecular complexity index is 1430. The lowest BCUT2D eigenvalue weighted by Gasteiger charge is -2.26. The summed E-state index contributed by atoms with van der Waals surface area (Å²) in [6.45, 7) is 2.82. The maximum Gasteiger partial charge on any atom is 0.268 e. The predicted octanol–water partition coefficient (Wildman–Crippen LogP) is 3.42. The van der Waals surface area contributed by atoms with Crippen LogP contribution in [0.25, 0.3) is 23.0 Å². The Balaban J connectivity index is 1.45. The summed E-state index contributed by atoms with van der Waals surface area (Å²) in [5, 5.41) is 12.7. The zero-order valence-electron chi connectivity index (χ0n) is 18.6. The molecule has 9 nitrogen and oxygen atoms in total. The van der Waals surface area contributed by atoms with Gasteiger partial charge in [0.05, 0.1) is 11.5 Å². The number of aryl methyl sites for hydroxylation is 1. The quantitative estimate of drug-likeness (QED) is 0.414. The van der Waals surface area contributed by atoms with Gasteiger partial charge in [-0.2, -0.15) is 9.40 Å². The van der Waals surface area contributed by atoms with Crippen molar-refractivity contribution in [3.8, 4) is 28.8 Å². The van der Waals surface area contributed by atoms with Crippen LogP contribution in [0.3, 0.4) is 0 Å². The molecule has 11 heteroatoms. The predicted molar refractivity (Wildman–Crippen MR) is 121 cm³/mol. The van der Waals surface area contributed by atoms with E-state index in [-0.39, 0.29) is 29.0 Å². The van der Waals surface area contributed by atoms with Crippen molar-refractivity contribution in [2.45, 2.75) is 24.8 Å². The van der Waals surface area contributed by atoms with E-state index in [2.05, 4.69) is 15.3 Å². The minimum absolute atomic E-state index is 0.127. The molecule has 3 heterocycles. The van der Waals surface area contributed by atoms with Crippen molar-refractivity contribution in [3.05, 3.63) is 65.6 Å². The molecule has 4 aromatic rings. The molecule has 2 aromatic carbocycles. The van der Waals surface area contributed by atoms with Crippen molar-refractivity contribution in [3.63, 3.8) is 0 Å². The first kappa shape index (κ1) is 22.2. The maximum atomic E-state index is 13.3. The topological polar surface area (TPSA) is 103 Å². The fourth-order valence-electron chi connectivity index (χ4n) is 4.00. The number of nitrogens with zero attached hydrogens (tertiary/aromatic N) is 5. The minimum Gasteiger partial charge on any atom is -0.494 e. The largest absolute Gasteiger partial charge is 0.494 e. The van der Waals surface area contributed by atoms with Crippen LogP contribution in [0.15, 0.2) is 57.8 Å².